The first-order chi connectivity index (χ1) is 17.1. The molecule has 0 aromatic carbocycles. The highest BCUT2D eigenvalue weighted by molar-refractivity contribution is 6.05. The molecule has 3 unspecified atom stereocenters. The summed E-state index contributed by atoms with van der Waals surface area (Å²) in [4.78, 5) is 45.6. The lowest BCUT2D eigenvalue weighted by Gasteiger charge is -2.37. The molecule has 2 amide bonds. The van der Waals surface area contributed by atoms with Gasteiger partial charge in [-0.2, -0.15) is 0 Å². The molecule has 2 saturated heterocycles. The van der Waals surface area contributed by atoms with Crippen LogP contribution in [0.3, 0.4) is 0 Å². The molecule has 4 fully saturated rings. The third kappa shape index (κ3) is 7.06. The molecule has 0 spiro atoms. The van der Waals surface area contributed by atoms with Gasteiger partial charge >= 0.3 is 5.97 Å². The molecule has 4 aliphatic rings. The molecular weight excluding hydrogens is 442 g/mol. The van der Waals surface area contributed by atoms with Gasteiger partial charge < -0.3 is 9.64 Å². The Kier molecular flexibility index (Phi) is 10.0. The fraction of sp³-hybridized carbons (Fsp3) is 0.893. The highest BCUT2D eigenvalue weighted by Gasteiger charge is 2.49. The number of piperazine rings is 1. The van der Waals surface area contributed by atoms with Gasteiger partial charge in [-0.3, -0.25) is 24.2 Å². The number of hydrogen-bond donors (Lipinski definition) is 0. The molecule has 4 rings (SSSR count). The first kappa shape index (κ1) is 26.6. The van der Waals surface area contributed by atoms with E-state index in [2.05, 4.69) is 16.7 Å². The van der Waals surface area contributed by atoms with Crippen molar-refractivity contribution < 1.29 is 19.1 Å². The second kappa shape index (κ2) is 13.2. The summed E-state index contributed by atoms with van der Waals surface area (Å²) >= 11 is 0. The lowest BCUT2D eigenvalue weighted by atomic mass is 9.81. The van der Waals surface area contributed by atoms with Gasteiger partial charge in [-0.1, -0.05) is 58.3 Å². The largest absolute Gasteiger partial charge is 0.459 e. The summed E-state index contributed by atoms with van der Waals surface area (Å²) < 4.78 is 6.08. The number of fused-ring (bicyclic) bond motifs is 1. The van der Waals surface area contributed by atoms with Crippen molar-refractivity contribution in [3.05, 3.63) is 0 Å². The van der Waals surface area contributed by atoms with E-state index in [0.29, 0.717) is 6.54 Å². The summed E-state index contributed by atoms with van der Waals surface area (Å²) in [6, 6.07) is 0. The van der Waals surface area contributed by atoms with Crippen molar-refractivity contribution in [3.63, 3.8) is 0 Å². The van der Waals surface area contributed by atoms with Crippen LogP contribution in [0.1, 0.15) is 90.4 Å². The van der Waals surface area contributed by atoms with Crippen LogP contribution in [0, 0.1) is 17.8 Å². The fourth-order valence-corrected chi connectivity index (χ4v) is 6.59. The smallest absolute Gasteiger partial charge is 0.309 e. The predicted octanol–water partition coefficient (Wildman–Crippen LogP) is 3.85. The van der Waals surface area contributed by atoms with Gasteiger partial charge in [-0.15, -0.1) is 0 Å². The Morgan fingerprint density at radius 3 is 2.03 bits per heavy atom. The standard InChI is InChI=1S/C28H47N3O4/c1-2-3-4-10-15-29-16-18-30(19-17-29)20-23(35-28(34)22-11-6-5-7-12-22)21-31-26(32)24-13-8-9-14-25(24)27(31)33/h22-25H,2-21H2,1H3. The minimum Gasteiger partial charge on any atom is -0.459 e. The molecule has 0 aromatic rings. The van der Waals surface area contributed by atoms with E-state index in [1.807, 2.05) is 0 Å². The quantitative estimate of drug-likeness (QED) is 0.249. The number of nitrogens with zero attached hydrogens (tertiary/aromatic N) is 3. The first-order valence-electron chi connectivity index (χ1n) is 14.6. The number of likely N-dealkylation sites (tertiary alicyclic amines) is 1. The Bertz CT molecular complexity index is 691. The van der Waals surface area contributed by atoms with Gasteiger partial charge in [0.15, 0.2) is 0 Å². The van der Waals surface area contributed by atoms with Gasteiger partial charge in [-0.05, 0) is 38.6 Å². The second-order valence-electron chi connectivity index (χ2n) is 11.4. The highest BCUT2D eigenvalue weighted by atomic mass is 16.5. The third-order valence-corrected chi connectivity index (χ3v) is 8.79. The molecule has 198 valence electrons. The van der Waals surface area contributed by atoms with Gasteiger partial charge in [-0.25, -0.2) is 0 Å². The van der Waals surface area contributed by atoms with E-state index in [1.54, 1.807) is 0 Å². The Hall–Kier alpha value is -1.47. The summed E-state index contributed by atoms with van der Waals surface area (Å²) in [5.41, 5.74) is 0. The SMILES string of the molecule is CCCCCCN1CCN(CC(CN2C(=O)C3CCCCC3C2=O)OC(=O)C2CCCCC2)CC1. The number of carbonyl (C=O) groups is 3. The fourth-order valence-electron chi connectivity index (χ4n) is 6.59. The Morgan fingerprint density at radius 2 is 1.40 bits per heavy atom. The molecule has 0 radical (unpaired) electrons. The van der Waals surface area contributed by atoms with Crippen molar-refractivity contribution in [2.24, 2.45) is 17.8 Å². The topological polar surface area (TPSA) is 70.2 Å². The van der Waals surface area contributed by atoms with Crippen molar-refractivity contribution in [1.82, 2.24) is 14.7 Å². The summed E-state index contributed by atoms with van der Waals surface area (Å²) in [5, 5.41) is 0. The zero-order chi connectivity index (χ0) is 24.6. The normalized spacial score (nSPS) is 27.7. The van der Waals surface area contributed by atoms with E-state index in [9.17, 15) is 14.4 Å². The maximum absolute atomic E-state index is 13.1. The molecule has 0 aromatic heterocycles. The number of esters is 1. The van der Waals surface area contributed by atoms with E-state index in [1.165, 1.54) is 37.0 Å². The molecule has 3 atom stereocenters. The number of ether oxygens (including phenoxy) is 1. The molecular formula is C28H47N3O4. The molecule has 0 N–H and O–H groups in total. The second-order valence-corrected chi connectivity index (χ2v) is 11.4. The van der Waals surface area contributed by atoms with Crippen LogP contribution in [0.4, 0.5) is 0 Å². The summed E-state index contributed by atoms with van der Waals surface area (Å²) in [7, 11) is 0. The summed E-state index contributed by atoms with van der Waals surface area (Å²) in [5.74, 6) is -0.519. The zero-order valence-electron chi connectivity index (χ0n) is 21.9. The van der Waals surface area contributed by atoms with Crippen molar-refractivity contribution >= 4 is 17.8 Å². The summed E-state index contributed by atoms with van der Waals surface area (Å²) in [6.45, 7) is 8.18. The van der Waals surface area contributed by atoms with Crippen LogP contribution in [-0.4, -0.2) is 84.4 Å². The van der Waals surface area contributed by atoms with Gasteiger partial charge in [0.25, 0.3) is 0 Å². The molecule has 7 nitrogen and oxygen atoms in total. The van der Waals surface area contributed by atoms with E-state index < -0.39 is 6.10 Å². The monoisotopic (exact) mass is 489 g/mol. The van der Waals surface area contributed by atoms with Gasteiger partial charge in [0, 0.05) is 32.7 Å². The van der Waals surface area contributed by atoms with E-state index >= 15 is 0 Å². The predicted molar refractivity (Wildman–Crippen MR) is 136 cm³/mol. The minimum atomic E-state index is -0.436. The lowest BCUT2D eigenvalue weighted by molar-refractivity contribution is -0.160. The minimum absolute atomic E-state index is 0.0289. The number of amides is 2. The van der Waals surface area contributed by atoms with Crippen LogP contribution >= 0.6 is 0 Å². The van der Waals surface area contributed by atoms with Crippen LogP contribution in [-0.2, 0) is 19.1 Å². The van der Waals surface area contributed by atoms with Gasteiger partial charge in [0.1, 0.15) is 6.10 Å². The van der Waals surface area contributed by atoms with Gasteiger partial charge in [0.2, 0.25) is 11.8 Å². The number of rotatable bonds is 11. The zero-order valence-corrected chi connectivity index (χ0v) is 21.9. The molecule has 2 aliphatic carbocycles. The van der Waals surface area contributed by atoms with E-state index in [0.717, 1.165) is 84.1 Å². The average molecular weight is 490 g/mol. The van der Waals surface area contributed by atoms with Crippen molar-refractivity contribution in [3.8, 4) is 0 Å². The van der Waals surface area contributed by atoms with Crippen LogP contribution < -0.4 is 0 Å². The van der Waals surface area contributed by atoms with Crippen molar-refractivity contribution in [2.45, 2.75) is 96.5 Å². The molecule has 0 bridgehead atoms. The van der Waals surface area contributed by atoms with Crippen LogP contribution in [0.25, 0.3) is 0 Å². The highest BCUT2D eigenvalue weighted by Crippen LogP contribution is 2.38. The number of imide groups is 1. The number of hydrogen-bond acceptors (Lipinski definition) is 6. The first-order valence-corrected chi connectivity index (χ1v) is 14.6. The van der Waals surface area contributed by atoms with Crippen LogP contribution in [0.5, 0.6) is 0 Å². The molecule has 7 heteroatoms. The maximum Gasteiger partial charge on any atom is 0.309 e. The van der Waals surface area contributed by atoms with E-state index in [-0.39, 0.29) is 42.1 Å². The lowest BCUT2D eigenvalue weighted by Crippen LogP contribution is -2.51. The third-order valence-electron chi connectivity index (χ3n) is 8.79. The molecule has 2 aliphatic heterocycles. The maximum atomic E-state index is 13.1. The molecule has 2 saturated carbocycles. The number of carbonyl (C=O) groups excluding carboxylic acids is 3. The van der Waals surface area contributed by atoms with Gasteiger partial charge in [0.05, 0.1) is 24.3 Å². The Labute approximate surface area is 211 Å². The van der Waals surface area contributed by atoms with E-state index in [4.69, 9.17) is 4.74 Å². The van der Waals surface area contributed by atoms with Crippen LogP contribution in [0.15, 0.2) is 0 Å². The Morgan fingerprint density at radius 1 is 0.800 bits per heavy atom. The summed E-state index contributed by atoms with van der Waals surface area (Å²) in [6.07, 6.45) is 13.5. The van der Waals surface area contributed by atoms with Crippen molar-refractivity contribution in [1.29, 1.82) is 0 Å². The molecule has 2 heterocycles. The molecule has 35 heavy (non-hydrogen) atoms. The number of unbranched alkanes of at least 4 members (excludes halogenated alkanes) is 3. The van der Waals surface area contributed by atoms with Crippen LogP contribution in [0.2, 0.25) is 0 Å². The average Bonchev–Trinajstić information content (AvgIpc) is 3.13. The Balaban J connectivity index is 1.34. The van der Waals surface area contributed by atoms with Crippen molar-refractivity contribution in [2.75, 3.05) is 45.8 Å².